The molecule has 2 amide bonds. The van der Waals surface area contributed by atoms with Crippen molar-refractivity contribution in [3.05, 3.63) is 91.1 Å². The van der Waals surface area contributed by atoms with Gasteiger partial charge in [-0.25, -0.2) is 4.98 Å². The number of nitrogens with zero attached hydrogens (tertiary/aromatic N) is 3. The molecular formula is C28H28BrF3N4O4. The molecular weight excluding hydrogens is 593 g/mol. The third-order valence-electron chi connectivity index (χ3n) is 6.93. The number of aliphatic hydroxyl groups excluding tert-OH is 1. The summed E-state index contributed by atoms with van der Waals surface area (Å²) >= 11 is 2.89. The number of carbonyl (C=O) groups excluding carboxylic acids is 2. The number of amides is 2. The summed E-state index contributed by atoms with van der Waals surface area (Å²) in [5.41, 5.74) is -0.110. The summed E-state index contributed by atoms with van der Waals surface area (Å²) in [6.07, 6.45) is -5.67. The van der Waals surface area contributed by atoms with E-state index in [0.717, 1.165) is 6.07 Å². The number of hydrogen-bond acceptors (Lipinski definition) is 5. The number of alkyl halides is 3. The van der Waals surface area contributed by atoms with Gasteiger partial charge in [-0.1, -0.05) is 29.8 Å². The van der Waals surface area contributed by atoms with Crippen LogP contribution in [0.25, 0.3) is 5.69 Å². The van der Waals surface area contributed by atoms with Crippen LogP contribution in [0.15, 0.2) is 51.7 Å². The van der Waals surface area contributed by atoms with Crippen LogP contribution in [0.4, 0.5) is 13.2 Å². The zero-order valence-corrected chi connectivity index (χ0v) is 23.8. The molecule has 2 aromatic carbocycles. The van der Waals surface area contributed by atoms with Crippen molar-refractivity contribution < 1.29 is 27.9 Å². The number of aliphatic hydroxyl groups is 1. The Hall–Kier alpha value is -3.51. The minimum atomic E-state index is -4.65. The molecule has 1 aliphatic heterocycles. The van der Waals surface area contributed by atoms with Gasteiger partial charge in [-0.2, -0.15) is 13.2 Å². The first-order valence-electron chi connectivity index (χ1n) is 12.6. The Morgan fingerprint density at radius 1 is 1.12 bits per heavy atom. The van der Waals surface area contributed by atoms with Gasteiger partial charge in [0.1, 0.15) is 11.9 Å². The van der Waals surface area contributed by atoms with E-state index in [1.165, 1.54) is 28.6 Å². The molecule has 8 nitrogen and oxygen atoms in total. The molecule has 0 radical (unpaired) electrons. The molecule has 2 atom stereocenters. The number of aromatic nitrogens is 2. The van der Waals surface area contributed by atoms with Gasteiger partial charge in [0, 0.05) is 34.3 Å². The number of rotatable bonds is 5. The van der Waals surface area contributed by atoms with Gasteiger partial charge in [0.2, 0.25) is 0 Å². The van der Waals surface area contributed by atoms with Gasteiger partial charge in [-0.3, -0.25) is 19.0 Å². The van der Waals surface area contributed by atoms with E-state index >= 15 is 0 Å². The summed E-state index contributed by atoms with van der Waals surface area (Å²) in [4.78, 5) is 45.2. The van der Waals surface area contributed by atoms with Gasteiger partial charge in [0.25, 0.3) is 17.4 Å². The fourth-order valence-electron chi connectivity index (χ4n) is 4.64. The van der Waals surface area contributed by atoms with Gasteiger partial charge in [0.15, 0.2) is 0 Å². The van der Waals surface area contributed by atoms with Gasteiger partial charge in [0.05, 0.1) is 23.5 Å². The molecule has 0 unspecified atom stereocenters. The lowest BCUT2D eigenvalue weighted by Crippen LogP contribution is -2.46. The predicted molar refractivity (Wildman–Crippen MR) is 145 cm³/mol. The van der Waals surface area contributed by atoms with E-state index in [1.54, 1.807) is 45.0 Å². The van der Waals surface area contributed by atoms with Crippen molar-refractivity contribution in [2.75, 3.05) is 7.05 Å². The summed E-state index contributed by atoms with van der Waals surface area (Å²) in [6, 6.07) is 9.07. The Kier molecular flexibility index (Phi) is 8.23. The topological polar surface area (TPSA) is 105 Å². The molecule has 2 heterocycles. The van der Waals surface area contributed by atoms with Crippen molar-refractivity contribution in [2.24, 2.45) is 5.92 Å². The van der Waals surface area contributed by atoms with Gasteiger partial charge < -0.3 is 15.3 Å². The van der Waals surface area contributed by atoms with E-state index in [-0.39, 0.29) is 46.3 Å². The van der Waals surface area contributed by atoms with Crippen LogP contribution in [0.2, 0.25) is 0 Å². The van der Waals surface area contributed by atoms with E-state index in [4.69, 9.17) is 0 Å². The quantitative estimate of drug-likeness (QED) is 0.432. The monoisotopic (exact) mass is 620 g/mol. The predicted octanol–water partition coefficient (Wildman–Crippen LogP) is 4.65. The van der Waals surface area contributed by atoms with Crippen LogP contribution in [0.1, 0.15) is 70.2 Å². The normalized spacial score (nSPS) is 16.1. The molecule has 12 heteroatoms. The first-order chi connectivity index (χ1) is 18.7. The van der Waals surface area contributed by atoms with Crippen LogP contribution >= 0.6 is 15.9 Å². The van der Waals surface area contributed by atoms with E-state index < -0.39 is 35.4 Å². The highest BCUT2D eigenvalue weighted by molar-refractivity contribution is 9.10. The molecule has 0 saturated heterocycles. The van der Waals surface area contributed by atoms with Crippen molar-refractivity contribution in [3.63, 3.8) is 0 Å². The lowest BCUT2D eigenvalue weighted by molar-refractivity contribution is -0.138. The second-order valence-electron chi connectivity index (χ2n) is 10.0. The SMILES string of the molecule is CNC(=O)c1ccc(-n2c([C@@H](O)C(C)C)nc3c(c2=O)C[C@@H](C)N(C(=O)c2ccc(Br)c(C(F)(F)F)c2)C3)cc1. The minimum absolute atomic E-state index is 0.0661. The third-order valence-corrected chi connectivity index (χ3v) is 7.62. The molecule has 1 aliphatic rings. The van der Waals surface area contributed by atoms with Crippen LogP contribution < -0.4 is 10.9 Å². The van der Waals surface area contributed by atoms with Crippen molar-refractivity contribution in [2.45, 2.75) is 52.1 Å². The lowest BCUT2D eigenvalue weighted by atomic mass is 9.97. The molecule has 0 fully saturated rings. The largest absolute Gasteiger partial charge is 0.417 e. The van der Waals surface area contributed by atoms with Gasteiger partial charge in [-0.15, -0.1) is 0 Å². The fraction of sp³-hybridized carbons (Fsp3) is 0.357. The Balaban J connectivity index is 1.78. The van der Waals surface area contributed by atoms with Crippen molar-refractivity contribution >= 4 is 27.7 Å². The molecule has 212 valence electrons. The number of carbonyl (C=O) groups is 2. The molecule has 0 saturated carbocycles. The van der Waals surface area contributed by atoms with E-state index in [0.29, 0.717) is 16.8 Å². The second kappa shape index (κ2) is 11.2. The summed E-state index contributed by atoms with van der Waals surface area (Å²) in [6.45, 7) is 5.12. The Morgan fingerprint density at radius 2 is 1.75 bits per heavy atom. The average Bonchev–Trinajstić information content (AvgIpc) is 2.91. The Morgan fingerprint density at radius 3 is 2.33 bits per heavy atom. The summed E-state index contributed by atoms with van der Waals surface area (Å²) < 4.78 is 41.5. The Bertz CT molecular complexity index is 1520. The first-order valence-corrected chi connectivity index (χ1v) is 13.4. The van der Waals surface area contributed by atoms with Crippen LogP contribution in [-0.4, -0.2) is 44.5 Å². The number of fused-ring (bicyclic) bond motifs is 1. The zero-order chi connectivity index (χ0) is 29.5. The maximum atomic E-state index is 13.8. The highest BCUT2D eigenvalue weighted by Gasteiger charge is 2.36. The van der Waals surface area contributed by atoms with E-state index in [2.05, 4.69) is 26.2 Å². The van der Waals surface area contributed by atoms with Crippen molar-refractivity contribution in [1.82, 2.24) is 19.8 Å². The first kappa shape index (κ1) is 29.5. The summed E-state index contributed by atoms with van der Waals surface area (Å²) in [5, 5.41) is 13.5. The van der Waals surface area contributed by atoms with Crippen molar-refractivity contribution in [3.8, 4) is 5.69 Å². The number of hydrogen-bond donors (Lipinski definition) is 2. The number of nitrogens with one attached hydrogen (secondary N) is 1. The number of benzene rings is 2. The molecule has 1 aromatic heterocycles. The average molecular weight is 621 g/mol. The van der Waals surface area contributed by atoms with Crippen molar-refractivity contribution in [1.29, 1.82) is 0 Å². The molecule has 2 N–H and O–H groups in total. The van der Waals surface area contributed by atoms with Crippen LogP contribution in [0.5, 0.6) is 0 Å². The molecule has 0 bridgehead atoms. The van der Waals surface area contributed by atoms with Crippen LogP contribution in [0, 0.1) is 5.92 Å². The maximum absolute atomic E-state index is 13.8. The zero-order valence-electron chi connectivity index (χ0n) is 22.2. The standard InChI is InChI=1S/C28H28BrF3N4O4/c1-14(2)23(37)24-34-22-13-35(26(39)17-7-10-21(29)20(12-17)28(30,31)32)15(3)11-19(22)27(40)36(24)18-8-5-16(6-9-18)25(38)33-4/h5-10,12,14-15,23,37H,11,13H2,1-4H3,(H,33,38)/t15-,23+/m1/s1. The lowest BCUT2D eigenvalue weighted by Gasteiger charge is -2.35. The molecule has 0 spiro atoms. The highest BCUT2D eigenvalue weighted by Crippen LogP contribution is 2.36. The number of halogens is 4. The Labute approximate surface area is 237 Å². The maximum Gasteiger partial charge on any atom is 0.417 e. The third kappa shape index (κ3) is 5.55. The van der Waals surface area contributed by atoms with E-state index in [1.807, 2.05) is 0 Å². The van der Waals surface area contributed by atoms with E-state index in [9.17, 15) is 32.7 Å². The molecule has 4 rings (SSSR count). The minimum Gasteiger partial charge on any atom is -0.385 e. The highest BCUT2D eigenvalue weighted by atomic mass is 79.9. The summed E-state index contributed by atoms with van der Waals surface area (Å²) in [7, 11) is 1.51. The fourth-order valence-corrected chi connectivity index (χ4v) is 5.11. The second-order valence-corrected chi connectivity index (χ2v) is 10.9. The molecule has 0 aliphatic carbocycles. The van der Waals surface area contributed by atoms with Crippen LogP contribution in [0.3, 0.4) is 0 Å². The smallest absolute Gasteiger partial charge is 0.385 e. The van der Waals surface area contributed by atoms with Crippen LogP contribution in [-0.2, 0) is 19.1 Å². The van der Waals surface area contributed by atoms with Gasteiger partial charge >= 0.3 is 6.18 Å². The molecule has 40 heavy (non-hydrogen) atoms. The molecule has 3 aromatic rings. The summed E-state index contributed by atoms with van der Waals surface area (Å²) in [5.74, 6) is -1.17. The van der Waals surface area contributed by atoms with Gasteiger partial charge in [-0.05, 0) is 61.7 Å².